The molecule has 0 amide bonds. The topological polar surface area (TPSA) is 16.4 Å². The molecule has 2 heteroatoms. The summed E-state index contributed by atoms with van der Waals surface area (Å²) >= 11 is 0. The number of furan rings is 1. The molecule has 0 radical (unpaired) electrons. The number of para-hydroxylation sites is 1. The van der Waals surface area contributed by atoms with Gasteiger partial charge in [0.05, 0.1) is 5.69 Å². The number of hydrogen-bond donors (Lipinski definition) is 0. The van der Waals surface area contributed by atoms with Crippen molar-refractivity contribution >= 4 is 76.9 Å². The molecule has 10 aromatic rings. The molecule has 0 saturated carbocycles. The van der Waals surface area contributed by atoms with Crippen molar-refractivity contribution in [3.05, 3.63) is 219 Å². The van der Waals surface area contributed by atoms with Crippen molar-refractivity contribution < 1.29 is 4.42 Å². The number of allylic oxidation sites excluding steroid dienone is 4. The maximum absolute atomic E-state index is 6.40. The molecule has 0 N–H and O–H groups in total. The van der Waals surface area contributed by atoms with Crippen LogP contribution < -0.4 is 4.90 Å². The normalized spacial score (nSPS) is 11.6. The highest BCUT2D eigenvalue weighted by atomic mass is 16.3. The number of benzene rings is 9. The van der Waals surface area contributed by atoms with E-state index in [0.717, 1.165) is 61.3 Å². The minimum absolute atomic E-state index is 0.879. The van der Waals surface area contributed by atoms with Crippen LogP contribution in [0, 0.1) is 0 Å². The summed E-state index contributed by atoms with van der Waals surface area (Å²) in [5.41, 5.74) is 11.5. The van der Waals surface area contributed by atoms with Gasteiger partial charge in [-0.2, -0.15) is 0 Å². The number of rotatable bonds is 8. The number of nitrogens with zero attached hydrogens (tertiary/aromatic N) is 1. The van der Waals surface area contributed by atoms with E-state index >= 15 is 0 Å². The van der Waals surface area contributed by atoms with Gasteiger partial charge in [-0.25, -0.2) is 0 Å². The lowest BCUT2D eigenvalue weighted by Gasteiger charge is -2.28. The van der Waals surface area contributed by atoms with Gasteiger partial charge in [-0.3, -0.25) is 0 Å². The lowest BCUT2D eigenvalue weighted by molar-refractivity contribution is 0.669. The Hall–Kier alpha value is -7.42. The Morgan fingerprint density at radius 1 is 0.464 bits per heavy atom. The van der Waals surface area contributed by atoms with Gasteiger partial charge in [0, 0.05) is 27.7 Å². The Morgan fingerprint density at radius 2 is 1.16 bits per heavy atom. The molecule has 10 rings (SSSR count). The van der Waals surface area contributed by atoms with Gasteiger partial charge in [-0.15, -0.1) is 0 Å². The van der Waals surface area contributed by atoms with Crippen LogP contribution in [-0.4, -0.2) is 0 Å². The average molecular weight is 716 g/mol. The molecule has 0 bridgehead atoms. The fourth-order valence-corrected chi connectivity index (χ4v) is 8.18. The summed E-state index contributed by atoms with van der Waals surface area (Å²) in [6.45, 7) is 8.22. The second kappa shape index (κ2) is 13.8. The molecule has 0 spiro atoms. The van der Waals surface area contributed by atoms with Crippen molar-refractivity contribution in [2.24, 2.45) is 0 Å². The number of anilines is 3. The van der Waals surface area contributed by atoms with Crippen molar-refractivity contribution in [1.82, 2.24) is 0 Å². The summed E-state index contributed by atoms with van der Waals surface area (Å²) in [6.07, 6.45) is 5.70. The van der Waals surface area contributed by atoms with E-state index in [4.69, 9.17) is 4.42 Å². The van der Waals surface area contributed by atoms with Crippen LogP contribution >= 0.6 is 0 Å². The van der Waals surface area contributed by atoms with E-state index in [1.807, 2.05) is 12.2 Å². The molecule has 0 aliphatic heterocycles. The molecular formula is C54H37NO. The fourth-order valence-electron chi connectivity index (χ4n) is 8.18. The standard InChI is InChI=1S/C54H37NO/c1-3-4-13-36(2)39-17-11-18-44(32-39)55(43-28-24-38(25-29-43)46-21-12-22-48-45-19-8-7-14-37(45)26-30-49(46)48)52-23-10-9-20-47(52)42-27-31-53-50(34-42)51-33-40-15-5-6-16-41(40)35-54(51)56-53/h3-35H,1-2H2/b13-4-. The maximum atomic E-state index is 6.40. The highest BCUT2D eigenvalue weighted by Crippen LogP contribution is 2.44. The zero-order chi connectivity index (χ0) is 37.6. The van der Waals surface area contributed by atoms with Crippen LogP contribution in [0.15, 0.2) is 218 Å². The van der Waals surface area contributed by atoms with Crippen LogP contribution in [0.2, 0.25) is 0 Å². The number of fused-ring (bicyclic) bond motifs is 7. The lowest BCUT2D eigenvalue weighted by atomic mass is 9.94. The predicted octanol–water partition coefficient (Wildman–Crippen LogP) is 15.6. The summed E-state index contributed by atoms with van der Waals surface area (Å²) in [5.74, 6) is 0. The van der Waals surface area contributed by atoms with Crippen LogP contribution in [0.3, 0.4) is 0 Å². The minimum Gasteiger partial charge on any atom is -0.456 e. The summed E-state index contributed by atoms with van der Waals surface area (Å²) < 4.78 is 6.40. The van der Waals surface area contributed by atoms with Crippen molar-refractivity contribution in [2.45, 2.75) is 0 Å². The van der Waals surface area contributed by atoms with Crippen molar-refractivity contribution in [1.29, 1.82) is 0 Å². The monoisotopic (exact) mass is 715 g/mol. The second-order valence-corrected chi connectivity index (χ2v) is 14.3. The van der Waals surface area contributed by atoms with Gasteiger partial charge in [-0.05, 0) is 115 Å². The molecule has 2 nitrogen and oxygen atoms in total. The van der Waals surface area contributed by atoms with E-state index < -0.39 is 0 Å². The van der Waals surface area contributed by atoms with E-state index in [9.17, 15) is 0 Å². The SMILES string of the molecule is C=C/C=C\C(=C)c1cccc(N(c2ccc(-c3cccc4c3ccc3ccccc34)cc2)c2ccccc2-c2ccc3oc4cc5ccccc5cc4c3c2)c1. The van der Waals surface area contributed by atoms with Gasteiger partial charge in [0.2, 0.25) is 0 Å². The first-order valence-corrected chi connectivity index (χ1v) is 19.0. The molecule has 9 aromatic carbocycles. The van der Waals surface area contributed by atoms with E-state index in [-0.39, 0.29) is 0 Å². The molecule has 264 valence electrons. The first kappa shape index (κ1) is 33.2. The zero-order valence-corrected chi connectivity index (χ0v) is 30.8. The smallest absolute Gasteiger partial charge is 0.136 e. The van der Waals surface area contributed by atoms with Crippen LogP contribution in [0.25, 0.3) is 82.1 Å². The highest BCUT2D eigenvalue weighted by molar-refractivity contribution is 6.13. The largest absolute Gasteiger partial charge is 0.456 e. The maximum Gasteiger partial charge on any atom is 0.136 e. The Morgan fingerprint density at radius 3 is 2.02 bits per heavy atom. The van der Waals surface area contributed by atoms with Gasteiger partial charge in [0.15, 0.2) is 0 Å². The third kappa shape index (κ3) is 5.76. The fraction of sp³-hybridized carbons (Fsp3) is 0. The van der Waals surface area contributed by atoms with Crippen LogP contribution in [0.5, 0.6) is 0 Å². The summed E-state index contributed by atoms with van der Waals surface area (Å²) in [4.78, 5) is 2.36. The van der Waals surface area contributed by atoms with Crippen molar-refractivity contribution in [3.63, 3.8) is 0 Å². The predicted molar refractivity (Wildman–Crippen MR) is 240 cm³/mol. The third-order valence-corrected chi connectivity index (χ3v) is 10.9. The second-order valence-electron chi connectivity index (χ2n) is 14.3. The van der Waals surface area contributed by atoms with Gasteiger partial charge in [0.25, 0.3) is 0 Å². The summed E-state index contributed by atoms with van der Waals surface area (Å²) in [7, 11) is 0. The Labute approximate surface area is 326 Å². The molecule has 0 atom stereocenters. The summed E-state index contributed by atoms with van der Waals surface area (Å²) in [6, 6.07) is 65.4. The Kier molecular flexibility index (Phi) is 8.16. The molecule has 0 aliphatic carbocycles. The quantitative estimate of drug-likeness (QED) is 0.115. The first-order valence-electron chi connectivity index (χ1n) is 19.0. The Balaban J connectivity index is 1.12. The molecule has 0 saturated heterocycles. The van der Waals surface area contributed by atoms with E-state index in [1.165, 1.54) is 43.4 Å². The zero-order valence-electron chi connectivity index (χ0n) is 30.8. The van der Waals surface area contributed by atoms with Crippen LogP contribution in [-0.2, 0) is 0 Å². The molecule has 1 aromatic heterocycles. The lowest BCUT2D eigenvalue weighted by Crippen LogP contribution is -2.11. The average Bonchev–Trinajstić information content (AvgIpc) is 3.61. The summed E-state index contributed by atoms with van der Waals surface area (Å²) in [5, 5.41) is 9.61. The molecule has 1 heterocycles. The molecule has 0 aliphatic rings. The van der Waals surface area contributed by atoms with Crippen molar-refractivity contribution in [2.75, 3.05) is 4.90 Å². The van der Waals surface area contributed by atoms with Gasteiger partial charge in [0.1, 0.15) is 11.2 Å². The van der Waals surface area contributed by atoms with E-state index in [1.54, 1.807) is 6.08 Å². The third-order valence-electron chi connectivity index (χ3n) is 10.9. The van der Waals surface area contributed by atoms with Gasteiger partial charge >= 0.3 is 0 Å². The molecular weight excluding hydrogens is 679 g/mol. The van der Waals surface area contributed by atoms with Crippen LogP contribution in [0.4, 0.5) is 17.1 Å². The number of hydrogen-bond acceptors (Lipinski definition) is 2. The minimum atomic E-state index is 0.879. The first-order chi connectivity index (χ1) is 27.6. The molecule has 0 unspecified atom stereocenters. The van der Waals surface area contributed by atoms with Crippen molar-refractivity contribution in [3.8, 4) is 22.3 Å². The molecule has 56 heavy (non-hydrogen) atoms. The van der Waals surface area contributed by atoms with E-state index in [0.29, 0.717) is 0 Å². The van der Waals surface area contributed by atoms with Gasteiger partial charge < -0.3 is 9.32 Å². The Bertz CT molecular complexity index is 3180. The molecule has 0 fully saturated rings. The highest BCUT2D eigenvalue weighted by Gasteiger charge is 2.19. The van der Waals surface area contributed by atoms with Crippen LogP contribution in [0.1, 0.15) is 5.56 Å². The van der Waals surface area contributed by atoms with Gasteiger partial charge in [-0.1, -0.05) is 159 Å². The van der Waals surface area contributed by atoms with E-state index in [2.05, 4.69) is 200 Å².